The lowest BCUT2D eigenvalue weighted by Gasteiger charge is -2.19. The normalized spacial score (nSPS) is 13.7. The van der Waals surface area contributed by atoms with Crippen molar-refractivity contribution >= 4 is 34.1 Å². The van der Waals surface area contributed by atoms with Crippen LogP contribution in [-0.4, -0.2) is 11.5 Å². The Balaban J connectivity index is 1.71. The molecule has 0 saturated carbocycles. The van der Waals surface area contributed by atoms with Crippen molar-refractivity contribution in [2.75, 3.05) is 17.0 Å². The first-order chi connectivity index (χ1) is 11.1. The van der Waals surface area contributed by atoms with E-state index in [9.17, 15) is 0 Å². The van der Waals surface area contributed by atoms with Gasteiger partial charge in [0.2, 0.25) is 5.89 Å². The Morgan fingerprint density at radius 1 is 1.26 bits per heavy atom. The third-order valence-corrected chi connectivity index (χ3v) is 4.08. The van der Waals surface area contributed by atoms with Crippen LogP contribution in [0.4, 0.5) is 11.4 Å². The number of anilines is 2. The number of oxazole rings is 1. The monoisotopic (exact) mass is 328 g/mol. The van der Waals surface area contributed by atoms with Crippen molar-refractivity contribution in [2.24, 2.45) is 5.92 Å². The Hall–Kier alpha value is -2.24. The van der Waals surface area contributed by atoms with E-state index < -0.39 is 0 Å². The van der Waals surface area contributed by atoms with E-state index in [0.717, 1.165) is 23.5 Å². The smallest absolute Gasteiger partial charge is 0.227 e. The van der Waals surface area contributed by atoms with Gasteiger partial charge in [-0.3, -0.25) is 5.01 Å². The fraction of sp³-hybridized carbons (Fsp3) is 0.235. The number of benzene rings is 2. The maximum absolute atomic E-state index is 6.17. The van der Waals surface area contributed by atoms with Crippen LogP contribution < -0.4 is 16.0 Å². The highest BCUT2D eigenvalue weighted by molar-refractivity contribution is 6.34. The van der Waals surface area contributed by atoms with Gasteiger partial charge in [0.15, 0.2) is 5.58 Å². The second-order valence-corrected chi connectivity index (χ2v) is 6.49. The summed E-state index contributed by atoms with van der Waals surface area (Å²) in [5, 5.41) is 2.70. The summed E-state index contributed by atoms with van der Waals surface area (Å²) < 4.78 is 5.83. The van der Waals surface area contributed by atoms with Crippen molar-refractivity contribution in [2.45, 2.75) is 13.8 Å². The second kappa shape index (κ2) is 5.44. The molecule has 3 aromatic rings. The Morgan fingerprint density at radius 3 is 2.91 bits per heavy atom. The van der Waals surface area contributed by atoms with Crippen LogP contribution in [0, 0.1) is 5.92 Å². The van der Waals surface area contributed by atoms with Gasteiger partial charge in [-0.25, -0.2) is 4.98 Å². The predicted octanol–water partition coefficient (Wildman–Crippen LogP) is 4.46. The van der Waals surface area contributed by atoms with E-state index in [4.69, 9.17) is 16.0 Å². The molecular formula is C17H17ClN4O. The van der Waals surface area contributed by atoms with E-state index >= 15 is 0 Å². The van der Waals surface area contributed by atoms with Gasteiger partial charge in [-0.05, 0) is 36.2 Å². The van der Waals surface area contributed by atoms with Crippen molar-refractivity contribution in [3.8, 4) is 11.5 Å². The zero-order valence-corrected chi connectivity index (χ0v) is 13.7. The molecule has 118 valence electrons. The van der Waals surface area contributed by atoms with Crippen LogP contribution in [0.25, 0.3) is 22.6 Å². The molecule has 0 fully saturated rings. The molecule has 2 aromatic carbocycles. The van der Waals surface area contributed by atoms with Crippen LogP contribution in [0.3, 0.4) is 0 Å². The number of fused-ring (bicyclic) bond motifs is 2. The lowest BCUT2D eigenvalue weighted by Crippen LogP contribution is -2.38. The number of halogens is 1. The zero-order chi connectivity index (χ0) is 16.0. The predicted molar refractivity (Wildman–Crippen MR) is 93.4 cm³/mol. The molecule has 23 heavy (non-hydrogen) atoms. The molecular weight excluding hydrogens is 312 g/mol. The average Bonchev–Trinajstić information content (AvgIpc) is 3.12. The van der Waals surface area contributed by atoms with E-state index in [1.807, 2.05) is 30.3 Å². The highest BCUT2D eigenvalue weighted by atomic mass is 35.5. The minimum Gasteiger partial charge on any atom is -0.436 e. The standard InChI is InChI=1S/C17H17ClN4O/c1-10(2)9-22-14-7-6-11(8-13(14)20-21-22)17-19-16-12(18)4-3-5-15(16)23-17/h3-8,10,20-21H,9H2,1-2H3. The summed E-state index contributed by atoms with van der Waals surface area (Å²) in [5.41, 5.74) is 10.8. The van der Waals surface area contributed by atoms with Gasteiger partial charge in [-0.15, -0.1) is 5.53 Å². The molecule has 0 radical (unpaired) electrons. The van der Waals surface area contributed by atoms with E-state index in [2.05, 4.69) is 40.9 Å². The summed E-state index contributed by atoms with van der Waals surface area (Å²) in [7, 11) is 0. The highest BCUT2D eigenvalue weighted by Crippen LogP contribution is 2.35. The van der Waals surface area contributed by atoms with Crippen molar-refractivity contribution in [1.29, 1.82) is 0 Å². The first-order valence-corrected chi connectivity index (χ1v) is 7.98. The van der Waals surface area contributed by atoms with Gasteiger partial charge in [-0.1, -0.05) is 31.5 Å². The van der Waals surface area contributed by atoms with Crippen molar-refractivity contribution in [3.63, 3.8) is 0 Å². The minimum atomic E-state index is 0.564. The summed E-state index contributed by atoms with van der Waals surface area (Å²) >= 11 is 6.17. The van der Waals surface area contributed by atoms with Gasteiger partial charge < -0.3 is 9.84 Å². The lowest BCUT2D eigenvalue weighted by atomic mass is 10.1. The van der Waals surface area contributed by atoms with E-state index in [-0.39, 0.29) is 0 Å². The SMILES string of the molecule is CC(C)CN1NNc2cc(-c3nc4c(Cl)cccc4o3)ccc21. The Bertz CT molecular complexity index is 874. The summed E-state index contributed by atoms with van der Waals surface area (Å²) in [6, 6.07) is 11.7. The molecule has 1 aromatic heterocycles. The van der Waals surface area contributed by atoms with Crippen molar-refractivity contribution in [3.05, 3.63) is 41.4 Å². The molecule has 6 heteroatoms. The molecule has 5 nitrogen and oxygen atoms in total. The summed E-state index contributed by atoms with van der Waals surface area (Å²) in [4.78, 5) is 4.51. The van der Waals surface area contributed by atoms with E-state index in [1.165, 1.54) is 0 Å². The lowest BCUT2D eigenvalue weighted by molar-refractivity contribution is 0.584. The fourth-order valence-electron chi connectivity index (χ4n) is 2.74. The van der Waals surface area contributed by atoms with Crippen LogP contribution in [-0.2, 0) is 0 Å². The molecule has 1 aliphatic heterocycles. The molecule has 0 unspecified atom stereocenters. The van der Waals surface area contributed by atoms with Crippen LogP contribution in [0.2, 0.25) is 5.02 Å². The van der Waals surface area contributed by atoms with Gasteiger partial charge in [-0.2, -0.15) is 0 Å². The first kappa shape index (κ1) is 14.4. The van der Waals surface area contributed by atoms with Crippen molar-refractivity contribution < 1.29 is 4.42 Å². The minimum absolute atomic E-state index is 0.564. The van der Waals surface area contributed by atoms with Crippen LogP contribution in [0.15, 0.2) is 40.8 Å². The number of hydrogen-bond donors (Lipinski definition) is 2. The third-order valence-electron chi connectivity index (χ3n) is 3.78. The Labute approximate surface area is 139 Å². The number of nitrogens with zero attached hydrogens (tertiary/aromatic N) is 2. The summed E-state index contributed by atoms with van der Waals surface area (Å²) in [6.07, 6.45) is 0. The molecule has 0 atom stereocenters. The van der Waals surface area contributed by atoms with Crippen LogP contribution in [0.1, 0.15) is 13.8 Å². The fourth-order valence-corrected chi connectivity index (χ4v) is 2.95. The molecule has 0 amide bonds. The largest absolute Gasteiger partial charge is 0.436 e. The second-order valence-electron chi connectivity index (χ2n) is 6.08. The van der Waals surface area contributed by atoms with Gasteiger partial charge in [0.25, 0.3) is 0 Å². The Morgan fingerprint density at radius 2 is 2.13 bits per heavy atom. The molecule has 0 spiro atoms. The maximum atomic E-state index is 6.17. The van der Waals surface area contributed by atoms with Gasteiger partial charge in [0, 0.05) is 12.1 Å². The molecule has 0 saturated heterocycles. The number of rotatable bonds is 3. The van der Waals surface area contributed by atoms with E-state index in [1.54, 1.807) is 0 Å². The number of hydrogen-bond acceptors (Lipinski definition) is 5. The van der Waals surface area contributed by atoms with Gasteiger partial charge >= 0.3 is 0 Å². The van der Waals surface area contributed by atoms with Gasteiger partial charge in [0.05, 0.1) is 16.4 Å². The molecule has 0 bridgehead atoms. The van der Waals surface area contributed by atoms with E-state index in [0.29, 0.717) is 27.9 Å². The highest BCUT2D eigenvalue weighted by Gasteiger charge is 2.20. The van der Waals surface area contributed by atoms with Gasteiger partial charge in [0.1, 0.15) is 5.52 Å². The molecule has 4 rings (SSSR count). The number of para-hydroxylation sites is 1. The Kier molecular flexibility index (Phi) is 3.39. The van der Waals surface area contributed by atoms with Crippen molar-refractivity contribution in [1.82, 2.24) is 10.5 Å². The zero-order valence-electron chi connectivity index (χ0n) is 12.9. The number of hydrazine groups is 2. The summed E-state index contributed by atoms with van der Waals surface area (Å²) in [5.74, 6) is 1.13. The number of nitrogens with one attached hydrogen (secondary N) is 2. The number of aromatic nitrogens is 1. The average molecular weight is 329 g/mol. The topological polar surface area (TPSA) is 53.3 Å². The maximum Gasteiger partial charge on any atom is 0.227 e. The summed E-state index contributed by atoms with van der Waals surface area (Å²) in [6.45, 7) is 5.31. The molecule has 0 aliphatic carbocycles. The van der Waals surface area contributed by atoms with Crippen LogP contribution >= 0.6 is 11.6 Å². The quantitative estimate of drug-likeness (QED) is 0.743. The molecule has 1 aliphatic rings. The van der Waals surface area contributed by atoms with Crippen LogP contribution in [0.5, 0.6) is 0 Å². The molecule has 2 N–H and O–H groups in total. The first-order valence-electron chi connectivity index (χ1n) is 7.60. The third kappa shape index (κ3) is 2.52. The molecule has 2 heterocycles.